The molecule has 0 saturated heterocycles. The average Bonchev–Trinajstić information content (AvgIpc) is 2.89. The van der Waals surface area contributed by atoms with Gasteiger partial charge >= 0.3 is 0 Å². The van der Waals surface area contributed by atoms with Crippen molar-refractivity contribution in [2.75, 3.05) is 4.90 Å². The van der Waals surface area contributed by atoms with Gasteiger partial charge in [-0.1, -0.05) is 48.5 Å². The molecule has 0 saturated carbocycles. The van der Waals surface area contributed by atoms with Crippen LogP contribution >= 0.6 is 11.8 Å². The van der Waals surface area contributed by atoms with Gasteiger partial charge in [0.1, 0.15) is 0 Å². The minimum absolute atomic E-state index is 0.0217. The maximum Gasteiger partial charge on any atom is 0.230 e. The number of hydrogen-bond acceptors (Lipinski definition) is 3. The zero-order valence-electron chi connectivity index (χ0n) is 13.1. The molecule has 0 bridgehead atoms. The zero-order chi connectivity index (χ0) is 16.4. The smallest absolute Gasteiger partial charge is 0.230 e. The number of carbonyl (C=O) groups excluding carboxylic acids is 2. The Hall–Kier alpha value is -2.33. The van der Waals surface area contributed by atoms with Crippen LogP contribution in [0.3, 0.4) is 0 Å². The van der Waals surface area contributed by atoms with Crippen LogP contribution in [-0.2, 0) is 4.79 Å². The number of ketones is 1. The van der Waals surface area contributed by atoms with E-state index in [1.165, 1.54) is 11.8 Å². The first-order valence-corrected chi connectivity index (χ1v) is 8.34. The topological polar surface area (TPSA) is 37.4 Å². The first-order chi connectivity index (χ1) is 11.1. The van der Waals surface area contributed by atoms with E-state index < -0.39 is 0 Å². The third-order valence-electron chi connectivity index (χ3n) is 3.71. The summed E-state index contributed by atoms with van der Waals surface area (Å²) in [6, 6.07) is 15.2. The van der Waals surface area contributed by atoms with Gasteiger partial charge in [-0.05, 0) is 31.2 Å². The Kier molecular flexibility index (Phi) is 4.35. The number of amides is 1. The molecule has 1 aliphatic heterocycles. The second-order valence-electron chi connectivity index (χ2n) is 5.37. The Morgan fingerprint density at radius 3 is 2.48 bits per heavy atom. The standard InChI is InChI=1S/C19H17NO2S/c1-3-18(21)20(14-10-8-13(2)9-11-14)12-17-19(22)15-6-4-5-7-16(15)23-17/h4-12H,3H2,1-2H3/b17-12-. The third-order valence-corrected chi connectivity index (χ3v) is 4.79. The summed E-state index contributed by atoms with van der Waals surface area (Å²) in [5, 5.41) is 0. The number of rotatable bonds is 3. The van der Waals surface area contributed by atoms with Crippen LogP contribution in [0.4, 0.5) is 5.69 Å². The molecule has 23 heavy (non-hydrogen) atoms. The molecule has 4 heteroatoms. The van der Waals surface area contributed by atoms with E-state index >= 15 is 0 Å². The van der Waals surface area contributed by atoms with Crippen molar-refractivity contribution in [3.63, 3.8) is 0 Å². The zero-order valence-corrected chi connectivity index (χ0v) is 13.9. The molecule has 0 aromatic heterocycles. The minimum Gasteiger partial charge on any atom is -0.288 e. The normalized spacial score (nSPS) is 14.9. The highest BCUT2D eigenvalue weighted by Crippen LogP contribution is 2.40. The predicted molar refractivity (Wildman–Crippen MR) is 93.7 cm³/mol. The van der Waals surface area contributed by atoms with Crippen LogP contribution in [0.1, 0.15) is 29.3 Å². The SMILES string of the molecule is CCC(=O)N(/C=C1\Sc2ccccc2C1=O)c1ccc(C)cc1. The van der Waals surface area contributed by atoms with Crippen molar-refractivity contribution in [1.82, 2.24) is 0 Å². The molecule has 0 atom stereocenters. The monoisotopic (exact) mass is 323 g/mol. The summed E-state index contributed by atoms with van der Waals surface area (Å²) in [4.78, 5) is 27.9. The van der Waals surface area contributed by atoms with Crippen LogP contribution in [0.15, 0.2) is 64.5 Å². The molecule has 0 aliphatic carbocycles. The van der Waals surface area contributed by atoms with Crippen molar-refractivity contribution in [3.8, 4) is 0 Å². The molecule has 0 unspecified atom stereocenters. The number of fused-ring (bicyclic) bond motifs is 1. The number of thioether (sulfide) groups is 1. The third kappa shape index (κ3) is 3.08. The maximum absolute atomic E-state index is 12.5. The molecular weight excluding hydrogens is 306 g/mol. The van der Waals surface area contributed by atoms with Crippen LogP contribution in [0.2, 0.25) is 0 Å². The molecule has 0 spiro atoms. The van der Waals surface area contributed by atoms with Gasteiger partial charge in [-0.25, -0.2) is 0 Å². The lowest BCUT2D eigenvalue weighted by molar-refractivity contribution is -0.117. The van der Waals surface area contributed by atoms with E-state index in [1.807, 2.05) is 62.4 Å². The van der Waals surface area contributed by atoms with Gasteiger partial charge in [0.15, 0.2) is 0 Å². The van der Waals surface area contributed by atoms with Crippen LogP contribution in [0.25, 0.3) is 0 Å². The number of hydrogen-bond donors (Lipinski definition) is 0. The number of nitrogens with zero attached hydrogens (tertiary/aromatic N) is 1. The lowest BCUT2D eigenvalue weighted by Crippen LogP contribution is -2.25. The summed E-state index contributed by atoms with van der Waals surface area (Å²) < 4.78 is 0. The molecule has 2 aromatic rings. The molecule has 3 rings (SSSR count). The van der Waals surface area contributed by atoms with Crippen LogP contribution < -0.4 is 4.90 Å². The molecular formula is C19H17NO2S. The van der Waals surface area contributed by atoms with Gasteiger partial charge < -0.3 is 0 Å². The summed E-state index contributed by atoms with van der Waals surface area (Å²) in [5.41, 5.74) is 2.61. The Morgan fingerprint density at radius 1 is 1.13 bits per heavy atom. The van der Waals surface area contributed by atoms with Crippen LogP contribution in [0.5, 0.6) is 0 Å². The van der Waals surface area contributed by atoms with E-state index in [0.717, 1.165) is 16.1 Å². The summed E-state index contributed by atoms with van der Waals surface area (Å²) in [6.45, 7) is 3.82. The fourth-order valence-electron chi connectivity index (χ4n) is 2.41. The van der Waals surface area contributed by atoms with Crippen LogP contribution in [-0.4, -0.2) is 11.7 Å². The van der Waals surface area contributed by atoms with Gasteiger partial charge in [-0.3, -0.25) is 14.5 Å². The lowest BCUT2D eigenvalue weighted by atomic mass is 10.1. The second-order valence-corrected chi connectivity index (χ2v) is 6.46. The van der Waals surface area contributed by atoms with Crippen molar-refractivity contribution < 1.29 is 9.59 Å². The van der Waals surface area contributed by atoms with E-state index in [-0.39, 0.29) is 11.7 Å². The maximum atomic E-state index is 12.5. The second kappa shape index (κ2) is 6.42. The first-order valence-electron chi connectivity index (χ1n) is 7.52. The largest absolute Gasteiger partial charge is 0.288 e. The molecule has 2 aromatic carbocycles. The fourth-order valence-corrected chi connectivity index (χ4v) is 3.42. The first kappa shape index (κ1) is 15.6. The average molecular weight is 323 g/mol. The van der Waals surface area contributed by atoms with E-state index in [0.29, 0.717) is 16.9 Å². The van der Waals surface area contributed by atoms with E-state index in [2.05, 4.69) is 0 Å². The van der Waals surface area contributed by atoms with Crippen molar-refractivity contribution in [2.45, 2.75) is 25.2 Å². The summed E-state index contributed by atoms with van der Waals surface area (Å²) in [6.07, 6.45) is 2.05. The predicted octanol–water partition coefficient (Wildman–Crippen LogP) is 4.57. The molecule has 116 valence electrons. The van der Waals surface area contributed by atoms with Gasteiger partial charge in [0, 0.05) is 28.8 Å². The van der Waals surface area contributed by atoms with Crippen molar-refractivity contribution in [3.05, 3.63) is 70.8 Å². The highest BCUT2D eigenvalue weighted by atomic mass is 32.2. The molecule has 3 nitrogen and oxygen atoms in total. The van der Waals surface area contributed by atoms with E-state index in [1.54, 1.807) is 11.1 Å². The quantitative estimate of drug-likeness (QED) is 0.777. The Balaban J connectivity index is 1.98. The minimum atomic E-state index is -0.0364. The molecule has 1 aliphatic rings. The highest BCUT2D eigenvalue weighted by Gasteiger charge is 2.27. The summed E-state index contributed by atoms with van der Waals surface area (Å²) >= 11 is 1.42. The number of benzene rings is 2. The van der Waals surface area contributed by atoms with Gasteiger partial charge in [-0.2, -0.15) is 0 Å². The van der Waals surface area contributed by atoms with Crippen molar-refractivity contribution in [2.24, 2.45) is 0 Å². The van der Waals surface area contributed by atoms with Gasteiger partial charge in [0.2, 0.25) is 11.7 Å². The fraction of sp³-hybridized carbons (Fsp3) is 0.158. The Bertz CT molecular complexity index is 793. The number of Topliss-reactive ketones (excluding diaryl/α,β-unsaturated/α-hetero) is 1. The van der Waals surface area contributed by atoms with E-state index in [9.17, 15) is 9.59 Å². The Labute approximate surface area is 140 Å². The number of carbonyl (C=O) groups is 2. The molecule has 1 heterocycles. The lowest BCUT2D eigenvalue weighted by Gasteiger charge is -2.19. The van der Waals surface area contributed by atoms with Gasteiger partial charge in [0.05, 0.1) is 4.91 Å². The summed E-state index contributed by atoms with van der Waals surface area (Å²) in [7, 11) is 0. The van der Waals surface area contributed by atoms with Crippen LogP contribution in [0, 0.1) is 6.92 Å². The number of allylic oxidation sites excluding steroid dienone is 1. The molecule has 0 radical (unpaired) electrons. The summed E-state index contributed by atoms with van der Waals surface area (Å²) in [5.74, 6) is -0.0580. The molecule has 0 fully saturated rings. The molecule has 0 N–H and O–H groups in total. The van der Waals surface area contributed by atoms with Gasteiger partial charge in [-0.15, -0.1) is 0 Å². The number of anilines is 1. The highest BCUT2D eigenvalue weighted by molar-refractivity contribution is 8.04. The van der Waals surface area contributed by atoms with Crippen molar-refractivity contribution >= 4 is 29.1 Å². The van der Waals surface area contributed by atoms with E-state index in [4.69, 9.17) is 0 Å². The number of aryl methyl sites for hydroxylation is 1. The molecule has 1 amide bonds. The van der Waals surface area contributed by atoms with Gasteiger partial charge in [0.25, 0.3) is 0 Å². The van der Waals surface area contributed by atoms with Crippen molar-refractivity contribution in [1.29, 1.82) is 0 Å². The Morgan fingerprint density at radius 2 is 1.83 bits per heavy atom.